The van der Waals surface area contributed by atoms with E-state index in [2.05, 4.69) is 10.6 Å². The summed E-state index contributed by atoms with van der Waals surface area (Å²) in [4.78, 5) is 53.2. The van der Waals surface area contributed by atoms with Crippen LogP contribution in [0.4, 0.5) is 10.5 Å². The maximum atomic E-state index is 13.4. The summed E-state index contributed by atoms with van der Waals surface area (Å²) in [6.07, 6.45) is 0. The van der Waals surface area contributed by atoms with Crippen LogP contribution >= 0.6 is 0 Å². The van der Waals surface area contributed by atoms with Gasteiger partial charge in [-0.15, -0.1) is 0 Å². The minimum atomic E-state index is -1.33. The monoisotopic (exact) mass is 483 g/mol. The standard InChI is InChI=1S/C27H25N5O4/c1-17-23(24(34)32(30(17)3)19-12-5-4-6-13-19)28-22(33)16-31-25(35)27(2,29-26(31)36)21-15-9-11-18-10-7-8-14-20(18)21/h4-15H,16H2,1-3H3,(H,28,33)(H,29,36). The van der Waals surface area contributed by atoms with Crippen LogP contribution in [0.15, 0.2) is 77.6 Å². The summed E-state index contributed by atoms with van der Waals surface area (Å²) in [6.45, 7) is 2.82. The van der Waals surface area contributed by atoms with Crippen LogP contribution in [-0.2, 0) is 22.2 Å². The Hall–Kier alpha value is -4.66. The molecule has 36 heavy (non-hydrogen) atoms. The van der Waals surface area contributed by atoms with Gasteiger partial charge in [0.2, 0.25) is 5.91 Å². The number of anilines is 1. The van der Waals surface area contributed by atoms with Gasteiger partial charge < -0.3 is 10.6 Å². The van der Waals surface area contributed by atoms with Crippen LogP contribution in [0.5, 0.6) is 0 Å². The maximum Gasteiger partial charge on any atom is 0.325 e. The van der Waals surface area contributed by atoms with Crippen molar-refractivity contribution in [1.82, 2.24) is 19.6 Å². The molecule has 3 aromatic carbocycles. The third-order valence-corrected chi connectivity index (χ3v) is 6.72. The molecule has 9 nitrogen and oxygen atoms in total. The molecule has 5 rings (SSSR count). The van der Waals surface area contributed by atoms with Crippen LogP contribution in [0, 0.1) is 6.92 Å². The van der Waals surface area contributed by atoms with Gasteiger partial charge >= 0.3 is 6.03 Å². The van der Waals surface area contributed by atoms with E-state index < -0.39 is 35.5 Å². The van der Waals surface area contributed by atoms with Crippen LogP contribution in [0.3, 0.4) is 0 Å². The number of para-hydroxylation sites is 1. The lowest BCUT2D eigenvalue weighted by molar-refractivity contribution is -0.133. The summed E-state index contributed by atoms with van der Waals surface area (Å²) in [7, 11) is 1.71. The number of hydrogen-bond donors (Lipinski definition) is 2. The number of rotatable bonds is 5. The molecule has 1 saturated heterocycles. The minimum absolute atomic E-state index is 0.0928. The average Bonchev–Trinajstić information content (AvgIpc) is 3.22. The van der Waals surface area contributed by atoms with Gasteiger partial charge in [-0.1, -0.05) is 60.7 Å². The predicted octanol–water partition coefficient (Wildman–Crippen LogP) is 3.04. The predicted molar refractivity (Wildman–Crippen MR) is 136 cm³/mol. The number of benzene rings is 3. The van der Waals surface area contributed by atoms with E-state index in [1.54, 1.807) is 43.8 Å². The fourth-order valence-corrected chi connectivity index (χ4v) is 4.72. The highest BCUT2D eigenvalue weighted by atomic mass is 16.2. The van der Waals surface area contributed by atoms with E-state index in [4.69, 9.17) is 0 Å². The van der Waals surface area contributed by atoms with E-state index in [1.807, 2.05) is 54.6 Å². The summed E-state index contributed by atoms with van der Waals surface area (Å²) < 4.78 is 3.08. The van der Waals surface area contributed by atoms with E-state index in [1.165, 1.54) is 4.68 Å². The molecule has 0 radical (unpaired) electrons. The van der Waals surface area contributed by atoms with Crippen molar-refractivity contribution in [2.75, 3.05) is 11.9 Å². The fourth-order valence-electron chi connectivity index (χ4n) is 4.72. The quantitative estimate of drug-likeness (QED) is 0.426. The number of nitrogens with zero attached hydrogens (tertiary/aromatic N) is 3. The lowest BCUT2D eigenvalue weighted by Crippen LogP contribution is -2.42. The van der Waals surface area contributed by atoms with Gasteiger partial charge in [0.15, 0.2) is 0 Å². The highest BCUT2D eigenvalue weighted by Gasteiger charge is 2.50. The molecule has 0 aliphatic carbocycles. The Bertz CT molecular complexity index is 1580. The lowest BCUT2D eigenvalue weighted by atomic mass is 9.88. The number of hydrogen-bond acceptors (Lipinski definition) is 4. The summed E-state index contributed by atoms with van der Waals surface area (Å²) in [5, 5.41) is 7.13. The zero-order valence-corrected chi connectivity index (χ0v) is 20.1. The molecule has 4 amide bonds. The number of urea groups is 1. The molecule has 1 unspecified atom stereocenters. The molecule has 4 aromatic rings. The first-order valence-corrected chi connectivity index (χ1v) is 11.5. The number of carbonyl (C=O) groups is 3. The average molecular weight is 484 g/mol. The minimum Gasteiger partial charge on any atom is -0.319 e. The number of carbonyl (C=O) groups excluding carboxylic acids is 3. The number of aromatic nitrogens is 2. The van der Waals surface area contributed by atoms with E-state index in [-0.39, 0.29) is 5.69 Å². The molecule has 2 heterocycles. The Balaban J connectivity index is 1.40. The molecule has 1 aliphatic heterocycles. The number of fused-ring (bicyclic) bond motifs is 1. The Morgan fingerprint density at radius 3 is 2.36 bits per heavy atom. The molecule has 0 saturated carbocycles. The molecule has 2 N–H and O–H groups in total. The van der Waals surface area contributed by atoms with Crippen molar-refractivity contribution in [3.05, 3.63) is 94.4 Å². The topological polar surface area (TPSA) is 105 Å². The van der Waals surface area contributed by atoms with Gasteiger partial charge in [0.05, 0.1) is 11.4 Å². The SMILES string of the molecule is Cc1c(NC(=O)CN2C(=O)NC(C)(c3cccc4ccccc34)C2=O)c(=O)n(-c2ccccc2)n1C. The summed E-state index contributed by atoms with van der Waals surface area (Å²) in [6, 6.07) is 21.5. The first-order valence-electron chi connectivity index (χ1n) is 11.5. The van der Waals surface area contributed by atoms with Crippen molar-refractivity contribution in [3.63, 3.8) is 0 Å². The van der Waals surface area contributed by atoms with Gasteiger partial charge in [-0.3, -0.25) is 24.0 Å². The van der Waals surface area contributed by atoms with Gasteiger partial charge in [0.25, 0.3) is 11.5 Å². The molecule has 1 aromatic heterocycles. The third kappa shape index (κ3) is 3.56. The van der Waals surface area contributed by atoms with Crippen molar-refractivity contribution in [2.45, 2.75) is 19.4 Å². The first kappa shape index (κ1) is 23.1. The number of amides is 4. The van der Waals surface area contributed by atoms with E-state index in [0.717, 1.165) is 15.7 Å². The molecule has 0 spiro atoms. The molecule has 0 bridgehead atoms. The molecule has 9 heteroatoms. The van der Waals surface area contributed by atoms with Gasteiger partial charge in [-0.05, 0) is 42.3 Å². The van der Waals surface area contributed by atoms with Gasteiger partial charge in [0.1, 0.15) is 17.8 Å². The second kappa shape index (κ2) is 8.53. The highest BCUT2D eigenvalue weighted by Crippen LogP contribution is 2.33. The highest BCUT2D eigenvalue weighted by molar-refractivity contribution is 6.11. The summed E-state index contributed by atoms with van der Waals surface area (Å²) >= 11 is 0. The second-order valence-corrected chi connectivity index (χ2v) is 8.96. The fraction of sp³-hybridized carbons (Fsp3) is 0.185. The third-order valence-electron chi connectivity index (χ3n) is 6.72. The van der Waals surface area contributed by atoms with E-state index in [0.29, 0.717) is 16.9 Å². The van der Waals surface area contributed by atoms with E-state index in [9.17, 15) is 19.2 Å². The number of nitrogens with one attached hydrogen (secondary N) is 2. The normalized spacial score (nSPS) is 17.5. The van der Waals surface area contributed by atoms with Gasteiger partial charge in [-0.2, -0.15) is 0 Å². The Kier molecular flexibility index (Phi) is 5.47. The van der Waals surface area contributed by atoms with Crippen molar-refractivity contribution in [1.29, 1.82) is 0 Å². The van der Waals surface area contributed by atoms with Crippen molar-refractivity contribution in [2.24, 2.45) is 7.05 Å². The van der Waals surface area contributed by atoms with Crippen LogP contribution in [0.25, 0.3) is 16.5 Å². The summed E-state index contributed by atoms with van der Waals surface area (Å²) in [5.74, 6) is -1.18. The molecule has 1 fully saturated rings. The van der Waals surface area contributed by atoms with Crippen LogP contribution < -0.4 is 16.2 Å². The van der Waals surface area contributed by atoms with Crippen LogP contribution in [0.1, 0.15) is 18.2 Å². The van der Waals surface area contributed by atoms with Crippen molar-refractivity contribution >= 4 is 34.3 Å². The van der Waals surface area contributed by atoms with Crippen LogP contribution in [-0.4, -0.2) is 38.7 Å². The molecule has 1 atom stereocenters. The van der Waals surface area contributed by atoms with Gasteiger partial charge in [0, 0.05) is 7.05 Å². The van der Waals surface area contributed by atoms with Gasteiger partial charge in [-0.25, -0.2) is 9.48 Å². The maximum absolute atomic E-state index is 13.4. The molecule has 1 aliphatic rings. The Labute approximate surface area is 206 Å². The summed E-state index contributed by atoms with van der Waals surface area (Å²) in [5.41, 5.74) is 0.179. The first-order chi connectivity index (χ1) is 17.2. The Morgan fingerprint density at radius 1 is 0.944 bits per heavy atom. The zero-order valence-electron chi connectivity index (χ0n) is 20.1. The van der Waals surface area contributed by atoms with E-state index >= 15 is 0 Å². The molecular formula is C27H25N5O4. The van der Waals surface area contributed by atoms with Crippen LogP contribution in [0.2, 0.25) is 0 Å². The lowest BCUT2D eigenvalue weighted by Gasteiger charge is -2.24. The Morgan fingerprint density at radius 2 is 1.61 bits per heavy atom. The van der Waals surface area contributed by atoms with Crippen molar-refractivity contribution in [3.8, 4) is 5.69 Å². The van der Waals surface area contributed by atoms with Crippen molar-refractivity contribution < 1.29 is 14.4 Å². The zero-order chi connectivity index (χ0) is 25.6. The second-order valence-electron chi connectivity index (χ2n) is 8.96. The molecular weight excluding hydrogens is 458 g/mol. The smallest absolute Gasteiger partial charge is 0.319 e. The molecule has 182 valence electrons. The largest absolute Gasteiger partial charge is 0.325 e. The number of imide groups is 1.